The third-order valence-corrected chi connectivity index (χ3v) is 2.28. The van der Waals surface area contributed by atoms with Gasteiger partial charge in [0.1, 0.15) is 5.82 Å². The van der Waals surface area contributed by atoms with Crippen LogP contribution in [-0.4, -0.2) is 43.1 Å². The lowest BCUT2D eigenvalue weighted by Gasteiger charge is -2.10. The summed E-state index contributed by atoms with van der Waals surface area (Å²) in [6, 6.07) is 3.31. The van der Waals surface area contributed by atoms with E-state index in [2.05, 4.69) is 31.5 Å². The average molecular weight is 287 g/mol. The van der Waals surface area contributed by atoms with Crippen molar-refractivity contribution in [3.63, 3.8) is 0 Å². The van der Waals surface area contributed by atoms with Crippen LogP contribution >= 0.6 is 15.9 Å². The standard InChI is InChI=1S/C10H15BrN4O/c1-15(2)6-5-12-10(16)14-9-4-3-8(11)7-13-9/h3-4,7H,5-6H2,1-2H3,(H2,12,13,14,16). The van der Waals surface area contributed by atoms with Gasteiger partial charge in [-0.05, 0) is 42.2 Å². The molecule has 0 aliphatic rings. The van der Waals surface area contributed by atoms with Gasteiger partial charge in [-0.1, -0.05) is 0 Å². The summed E-state index contributed by atoms with van der Waals surface area (Å²) in [5.74, 6) is 0.533. The van der Waals surface area contributed by atoms with Crippen molar-refractivity contribution in [3.8, 4) is 0 Å². The van der Waals surface area contributed by atoms with Gasteiger partial charge in [-0.15, -0.1) is 0 Å². The molecule has 0 saturated heterocycles. The van der Waals surface area contributed by atoms with E-state index in [4.69, 9.17) is 0 Å². The Kier molecular flexibility index (Phi) is 5.21. The number of urea groups is 1. The van der Waals surface area contributed by atoms with Crippen LogP contribution in [0, 0.1) is 0 Å². The maximum absolute atomic E-state index is 11.4. The molecule has 5 nitrogen and oxygen atoms in total. The summed E-state index contributed by atoms with van der Waals surface area (Å²) in [7, 11) is 3.91. The minimum absolute atomic E-state index is 0.239. The number of anilines is 1. The van der Waals surface area contributed by atoms with Gasteiger partial charge in [0.25, 0.3) is 0 Å². The Balaban J connectivity index is 2.31. The van der Waals surface area contributed by atoms with Crippen LogP contribution in [0.1, 0.15) is 0 Å². The smallest absolute Gasteiger partial charge is 0.320 e. The highest BCUT2D eigenvalue weighted by Gasteiger charge is 2.01. The van der Waals surface area contributed by atoms with Gasteiger partial charge in [0, 0.05) is 23.8 Å². The molecule has 0 unspecified atom stereocenters. The van der Waals surface area contributed by atoms with Crippen LogP contribution in [0.4, 0.5) is 10.6 Å². The first-order valence-corrected chi connectivity index (χ1v) is 5.68. The number of halogens is 1. The number of nitrogens with zero attached hydrogens (tertiary/aromatic N) is 2. The lowest BCUT2D eigenvalue weighted by molar-refractivity contribution is 0.250. The summed E-state index contributed by atoms with van der Waals surface area (Å²) in [6.45, 7) is 1.41. The van der Waals surface area contributed by atoms with Crippen molar-refractivity contribution in [3.05, 3.63) is 22.8 Å². The Morgan fingerprint density at radius 2 is 2.25 bits per heavy atom. The van der Waals surface area contributed by atoms with E-state index in [1.54, 1.807) is 12.3 Å². The van der Waals surface area contributed by atoms with Crippen molar-refractivity contribution in [1.82, 2.24) is 15.2 Å². The number of pyridine rings is 1. The maximum Gasteiger partial charge on any atom is 0.320 e. The number of carbonyl (C=O) groups is 1. The molecular weight excluding hydrogens is 272 g/mol. The minimum Gasteiger partial charge on any atom is -0.337 e. The highest BCUT2D eigenvalue weighted by Crippen LogP contribution is 2.09. The number of amides is 2. The van der Waals surface area contributed by atoms with Crippen molar-refractivity contribution < 1.29 is 4.79 Å². The molecule has 16 heavy (non-hydrogen) atoms. The summed E-state index contributed by atoms with van der Waals surface area (Å²) in [4.78, 5) is 17.4. The predicted octanol–water partition coefficient (Wildman–Crippen LogP) is 1.53. The molecule has 2 N–H and O–H groups in total. The second-order valence-electron chi connectivity index (χ2n) is 3.55. The van der Waals surface area contributed by atoms with Crippen molar-refractivity contribution in [1.29, 1.82) is 0 Å². The van der Waals surface area contributed by atoms with E-state index in [1.165, 1.54) is 0 Å². The monoisotopic (exact) mass is 286 g/mol. The maximum atomic E-state index is 11.4. The van der Waals surface area contributed by atoms with Gasteiger partial charge in [-0.3, -0.25) is 5.32 Å². The number of hydrogen-bond acceptors (Lipinski definition) is 3. The first-order valence-electron chi connectivity index (χ1n) is 4.89. The lowest BCUT2D eigenvalue weighted by atomic mass is 10.5. The Hall–Kier alpha value is -1.14. The molecular formula is C10H15BrN4O. The van der Waals surface area contributed by atoms with E-state index in [0.29, 0.717) is 12.4 Å². The molecule has 0 aliphatic heterocycles. The van der Waals surface area contributed by atoms with Gasteiger partial charge in [0.15, 0.2) is 0 Å². The molecule has 6 heteroatoms. The molecule has 0 saturated carbocycles. The Morgan fingerprint density at radius 3 is 2.81 bits per heavy atom. The molecule has 0 radical (unpaired) electrons. The highest BCUT2D eigenvalue weighted by molar-refractivity contribution is 9.10. The largest absolute Gasteiger partial charge is 0.337 e. The van der Waals surface area contributed by atoms with Gasteiger partial charge in [0.05, 0.1) is 0 Å². The molecule has 2 amide bonds. The molecule has 1 rings (SSSR count). The molecule has 1 aromatic rings. The van der Waals surface area contributed by atoms with E-state index in [0.717, 1.165) is 11.0 Å². The van der Waals surface area contributed by atoms with E-state index >= 15 is 0 Å². The van der Waals surface area contributed by atoms with Crippen molar-refractivity contribution in [2.24, 2.45) is 0 Å². The Morgan fingerprint density at radius 1 is 1.50 bits per heavy atom. The summed E-state index contributed by atoms with van der Waals surface area (Å²) in [5, 5.41) is 5.38. The molecule has 1 aromatic heterocycles. The third-order valence-electron chi connectivity index (χ3n) is 1.81. The van der Waals surface area contributed by atoms with E-state index in [-0.39, 0.29) is 6.03 Å². The van der Waals surface area contributed by atoms with Crippen LogP contribution in [0.15, 0.2) is 22.8 Å². The number of carbonyl (C=O) groups excluding carboxylic acids is 1. The third kappa shape index (κ3) is 5.09. The van der Waals surface area contributed by atoms with Crippen LogP contribution in [0.5, 0.6) is 0 Å². The van der Waals surface area contributed by atoms with Crippen LogP contribution < -0.4 is 10.6 Å². The van der Waals surface area contributed by atoms with Crippen LogP contribution in [-0.2, 0) is 0 Å². The van der Waals surface area contributed by atoms with E-state index < -0.39 is 0 Å². The predicted molar refractivity (Wildman–Crippen MR) is 67.5 cm³/mol. The molecule has 0 aliphatic carbocycles. The van der Waals surface area contributed by atoms with Crippen LogP contribution in [0.25, 0.3) is 0 Å². The fourth-order valence-corrected chi connectivity index (χ4v) is 1.24. The van der Waals surface area contributed by atoms with E-state index in [1.807, 2.05) is 25.1 Å². The van der Waals surface area contributed by atoms with Crippen LogP contribution in [0.2, 0.25) is 0 Å². The molecule has 88 valence electrons. The molecule has 1 heterocycles. The fourth-order valence-electron chi connectivity index (χ4n) is 1.00. The topological polar surface area (TPSA) is 57.3 Å². The van der Waals surface area contributed by atoms with Gasteiger partial charge >= 0.3 is 6.03 Å². The Bertz CT molecular complexity index is 339. The molecule has 0 spiro atoms. The zero-order valence-electron chi connectivity index (χ0n) is 9.33. The van der Waals surface area contributed by atoms with E-state index in [9.17, 15) is 4.79 Å². The zero-order valence-corrected chi connectivity index (χ0v) is 10.9. The molecule has 0 atom stereocenters. The molecule has 0 fully saturated rings. The van der Waals surface area contributed by atoms with Crippen molar-refractivity contribution in [2.75, 3.05) is 32.5 Å². The minimum atomic E-state index is -0.239. The number of nitrogens with one attached hydrogen (secondary N) is 2. The van der Waals surface area contributed by atoms with Crippen molar-refractivity contribution >= 4 is 27.8 Å². The second kappa shape index (κ2) is 6.44. The zero-order chi connectivity index (χ0) is 12.0. The summed E-state index contributed by atoms with van der Waals surface area (Å²) in [5.41, 5.74) is 0. The highest BCUT2D eigenvalue weighted by atomic mass is 79.9. The first-order chi connectivity index (χ1) is 7.58. The average Bonchev–Trinajstić information content (AvgIpc) is 2.21. The van der Waals surface area contributed by atoms with Gasteiger partial charge in [-0.2, -0.15) is 0 Å². The summed E-state index contributed by atoms with van der Waals surface area (Å²) in [6.07, 6.45) is 1.63. The van der Waals surface area contributed by atoms with Gasteiger partial charge < -0.3 is 10.2 Å². The molecule has 0 bridgehead atoms. The number of aromatic nitrogens is 1. The van der Waals surface area contributed by atoms with Crippen LogP contribution in [0.3, 0.4) is 0 Å². The number of hydrogen-bond donors (Lipinski definition) is 2. The van der Waals surface area contributed by atoms with Gasteiger partial charge in [-0.25, -0.2) is 9.78 Å². The second-order valence-corrected chi connectivity index (χ2v) is 4.46. The Labute approximate surface area is 103 Å². The summed E-state index contributed by atoms with van der Waals surface area (Å²) >= 11 is 3.27. The SMILES string of the molecule is CN(C)CCNC(=O)Nc1ccc(Br)cn1. The number of rotatable bonds is 4. The normalized spacial score (nSPS) is 10.2. The number of likely N-dealkylation sites (N-methyl/N-ethyl adjacent to an activating group) is 1. The first kappa shape index (κ1) is 12.9. The quantitative estimate of drug-likeness (QED) is 0.883. The fraction of sp³-hybridized carbons (Fsp3) is 0.400. The lowest BCUT2D eigenvalue weighted by Crippen LogP contribution is -2.34. The van der Waals surface area contributed by atoms with Gasteiger partial charge in [0.2, 0.25) is 0 Å². The summed E-state index contributed by atoms with van der Waals surface area (Å²) < 4.78 is 0.881. The van der Waals surface area contributed by atoms with Crippen molar-refractivity contribution in [2.45, 2.75) is 0 Å². The molecule has 0 aromatic carbocycles.